The number of carbonyl (C=O) groups excluding carboxylic acids is 1. The van der Waals surface area contributed by atoms with Crippen molar-refractivity contribution in [2.45, 2.75) is 62.9 Å². The number of amides is 1. The molecule has 2 unspecified atom stereocenters. The third-order valence-corrected chi connectivity index (χ3v) is 12.1. The van der Waals surface area contributed by atoms with Crippen molar-refractivity contribution in [3.05, 3.63) is 40.4 Å². The summed E-state index contributed by atoms with van der Waals surface area (Å²) < 4.78 is 52.2. The number of halogens is 4. The Bertz CT molecular complexity index is 2060. The highest BCUT2D eigenvalue weighted by atomic mass is 35.5. The van der Waals surface area contributed by atoms with Gasteiger partial charge in [0.15, 0.2) is 5.82 Å². The van der Waals surface area contributed by atoms with Gasteiger partial charge in [0.05, 0.1) is 26.7 Å². The van der Waals surface area contributed by atoms with Crippen LogP contribution in [0.15, 0.2) is 18.2 Å². The van der Waals surface area contributed by atoms with Crippen LogP contribution in [0.1, 0.15) is 44.6 Å². The lowest BCUT2D eigenvalue weighted by Gasteiger charge is -2.51. The van der Waals surface area contributed by atoms with E-state index in [0.29, 0.717) is 37.3 Å². The molecule has 2 aromatic heterocycles. The predicted molar refractivity (Wildman–Crippen MR) is 179 cm³/mol. The number of hydrogen-bond acceptors (Lipinski definition) is 9. The fourth-order valence-corrected chi connectivity index (χ4v) is 9.19. The van der Waals surface area contributed by atoms with E-state index in [1.807, 2.05) is 24.9 Å². The van der Waals surface area contributed by atoms with Gasteiger partial charge in [-0.3, -0.25) is 9.69 Å². The maximum atomic E-state index is 17.0. The quantitative estimate of drug-likeness (QED) is 0.250. The zero-order chi connectivity index (χ0) is 33.6. The van der Waals surface area contributed by atoms with Gasteiger partial charge in [-0.05, 0) is 70.3 Å². The molecular formula is C34H33ClF3N7O2S. The van der Waals surface area contributed by atoms with Gasteiger partial charge in [0, 0.05) is 42.0 Å². The average Bonchev–Trinajstić information content (AvgIpc) is 3.37. The highest BCUT2D eigenvalue weighted by Gasteiger charge is 2.56. The number of anilines is 2. The zero-order valence-corrected chi connectivity index (χ0v) is 28.0. The van der Waals surface area contributed by atoms with Crippen LogP contribution in [0, 0.1) is 28.9 Å². The average molecular weight is 696 g/mol. The Balaban J connectivity index is 1.25. The van der Waals surface area contributed by atoms with Crippen LogP contribution in [0.4, 0.5) is 24.0 Å². The Morgan fingerprint density at radius 1 is 1.25 bits per heavy atom. The molecule has 48 heavy (non-hydrogen) atoms. The Hall–Kier alpha value is -3.86. The van der Waals surface area contributed by atoms with E-state index in [0.717, 1.165) is 37.1 Å². The molecule has 4 aromatic rings. The summed E-state index contributed by atoms with van der Waals surface area (Å²) in [5.41, 5.74) is 5.81. The molecule has 4 fully saturated rings. The maximum Gasteiger partial charge on any atom is 0.319 e. The van der Waals surface area contributed by atoms with Crippen molar-refractivity contribution in [3.63, 3.8) is 0 Å². The van der Waals surface area contributed by atoms with Crippen LogP contribution in [-0.4, -0.2) is 82.8 Å². The number of aromatic nitrogens is 2. The second-order valence-corrected chi connectivity index (χ2v) is 15.0. The Labute approximate surface area is 284 Å². The third-order valence-electron chi connectivity index (χ3n) is 10.8. The summed E-state index contributed by atoms with van der Waals surface area (Å²) in [6.45, 7) is 4.43. The van der Waals surface area contributed by atoms with Crippen LogP contribution >= 0.6 is 22.9 Å². The predicted octanol–water partition coefficient (Wildman–Crippen LogP) is 6.30. The number of ether oxygens (including phenoxy) is 1. The number of rotatable bonds is 6. The van der Waals surface area contributed by atoms with E-state index in [-0.39, 0.29) is 72.8 Å². The second-order valence-electron chi connectivity index (χ2n) is 13.5. The number of hydrogen-bond donors (Lipinski definition) is 1. The van der Waals surface area contributed by atoms with Gasteiger partial charge in [-0.2, -0.15) is 15.2 Å². The first-order valence-electron chi connectivity index (χ1n) is 16.2. The van der Waals surface area contributed by atoms with Crippen molar-refractivity contribution in [2.24, 2.45) is 5.92 Å². The van der Waals surface area contributed by atoms with Crippen molar-refractivity contribution >= 4 is 60.7 Å². The van der Waals surface area contributed by atoms with E-state index in [1.165, 1.54) is 12.1 Å². The smallest absolute Gasteiger partial charge is 0.319 e. The number of likely N-dealkylation sites (tertiary alicyclic amines) is 2. The fraction of sp³-hybridized carbons (Fsp3) is 0.471. The minimum Gasteiger partial charge on any atom is -0.459 e. The summed E-state index contributed by atoms with van der Waals surface area (Å²) in [6, 6.07) is 6.35. The second kappa shape index (κ2) is 11.4. The lowest BCUT2D eigenvalue weighted by atomic mass is 9.83. The summed E-state index contributed by atoms with van der Waals surface area (Å²) >= 11 is 7.78. The minimum atomic E-state index is -1.07. The van der Waals surface area contributed by atoms with Gasteiger partial charge in [0.25, 0.3) is 0 Å². The molecule has 2 N–H and O–H groups in total. The molecule has 9 nitrogen and oxygen atoms in total. The van der Waals surface area contributed by atoms with Crippen molar-refractivity contribution in [1.29, 1.82) is 5.26 Å². The molecule has 3 aliphatic heterocycles. The molecule has 3 saturated heterocycles. The van der Waals surface area contributed by atoms with Crippen LogP contribution in [-0.2, 0) is 4.79 Å². The molecule has 0 radical (unpaired) electrons. The van der Waals surface area contributed by atoms with E-state index in [4.69, 9.17) is 27.1 Å². The first-order valence-corrected chi connectivity index (χ1v) is 17.4. The topological polar surface area (TPSA) is 112 Å². The summed E-state index contributed by atoms with van der Waals surface area (Å²) in [6.07, 6.45) is 2.32. The van der Waals surface area contributed by atoms with Crippen LogP contribution in [0.2, 0.25) is 5.02 Å². The van der Waals surface area contributed by atoms with E-state index < -0.39 is 29.3 Å². The van der Waals surface area contributed by atoms with E-state index in [1.54, 1.807) is 11.0 Å². The van der Waals surface area contributed by atoms with Gasteiger partial charge in [-0.1, -0.05) is 17.7 Å². The number of fused-ring (bicyclic) bond motifs is 2. The first-order chi connectivity index (χ1) is 23.0. The van der Waals surface area contributed by atoms with E-state index in [9.17, 15) is 18.8 Å². The molecule has 2 aromatic carbocycles. The van der Waals surface area contributed by atoms with Gasteiger partial charge < -0.3 is 20.3 Å². The van der Waals surface area contributed by atoms with Crippen LogP contribution < -0.4 is 15.4 Å². The maximum absolute atomic E-state index is 17.0. The molecule has 1 amide bonds. The number of nitrogens with zero attached hydrogens (tertiary/aromatic N) is 6. The van der Waals surface area contributed by atoms with Crippen molar-refractivity contribution < 1.29 is 22.7 Å². The zero-order valence-electron chi connectivity index (χ0n) is 26.4. The molecular weight excluding hydrogens is 663 g/mol. The molecule has 250 valence electrons. The molecule has 5 atom stereocenters. The van der Waals surface area contributed by atoms with Crippen LogP contribution in [0.25, 0.3) is 32.1 Å². The molecule has 0 bridgehead atoms. The van der Waals surface area contributed by atoms with Gasteiger partial charge in [-0.15, -0.1) is 11.3 Å². The Morgan fingerprint density at radius 2 is 2.02 bits per heavy atom. The molecule has 1 saturated carbocycles. The Morgan fingerprint density at radius 3 is 2.69 bits per heavy atom. The molecule has 1 spiro atoms. The largest absolute Gasteiger partial charge is 0.459 e. The van der Waals surface area contributed by atoms with Crippen LogP contribution in [0.3, 0.4) is 0 Å². The normalized spacial score (nSPS) is 26.0. The SMILES string of the molecule is C[C@H](Oc1nc(N2CCC3(CCN3C(=O)[C@@H]3C[C@H]3F)C2)c2cc(Cl)c(-c3ccc(F)c4sc(N)c(C#N)c34)c(F)c2n1)C1CCCN1C. The highest BCUT2D eigenvalue weighted by Crippen LogP contribution is 2.48. The van der Waals surface area contributed by atoms with Gasteiger partial charge in [0.2, 0.25) is 5.91 Å². The monoisotopic (exact) mass is 695 g/mol. The number of nitrogen functional groups attached to an aromatic ring is 1. The number of benzene rings is 2. The van der Waals surface area contributed by atoms with E-state index >= 15 is 4.39 Å². The molecule has 5 heterocycles. The summed E-state index contributed by atoms with van der Waals surface area (Å²) in [5.74, 6) is -1.63. The highest BCUT2D eigenvalue weighted by molar-refractivity contribution is 7.23. The third kappa shape index (κ3) is 4.78. The standard InChI is InChI=1S/C34H33ClF3N7O2S/c1-16(24-4-3-9-43(24)2)47-33-41-28-19(31(42-33)44-10-7-34(15-44)8-11-45(34)32(46)18-13-23(18)37)12-21(35)26(27(28)38)17-5-6-22(36)29-25(17)20(14-39)30(40)48-29/h5-6,12,16,18,23-24H,3-4,7-11,13,15,40H2,1-2H3/t16-,18+,23+,24?,34?/m0/s1. The molecule has 1 aliphatic carbocycles. The number of thiophene rings is 1. The molecule has 8 rings (SSSR count). The summed E-state index contributed by atoms with van der Waals surface area (Å²) in [4.78, 5) is 28.5. The van der Waals surface area contributed by atoms with Crippen molar-refractivity contribution in [1.82, 2.24) is 19.8 Å². The first kappa shape index (κ1) is 31.4. The minimum absolute atomic E-state index is 0.0000365. The summed E-state index contributed by atoms with van der Waals surface area (Å²) in [5, 5.41) is 10.6. The molecule has 4 aliphatic rings. The summed E-state index contributed by atoms with van der Waals surface area (Å²) in [7, 11) is 2.04. The lowest BCUT2D eigenvalue weighted by molar-refractivity contribution is -0.147. The van der Waals surface area contributed by atoms with Crippen LogP contribution in [0.5, 0.6) is 6.01 Å². The number of likely N-dealkylation sites (N-methyl/N-ethyl adjacent to an activating group) is 1. The number of alkyl halides is 1. The molecule has 14 heteroatoms. The number of nitriles is 1. The van der Waals surface area contributed by atoms with E-state index in [2.05, 4.69) is 9.88 Å². The van der Waals surface area contributed by atoms with Crippen molar-refractivity contribution in [3.8, 4) is 23.2 Å². The Kier molecular flexibility index (Phi) is 7.43. The lowest BCUT2D eigenvalue weighted by Crippen LogP contribution is -2.64. The van der Waals surface area contributed by atoms with Gasteiger partial charge in [0.1, 0.15) is 40.5 Å². The number of carbonyl (C=O) groups is 1. The van der Waals surface area contributed by atoms with Gasteiger partial charge >= 0.3 is 6.01 Å². The number of nitrogens with two attached hydrogens (primary N) is 1. The fourth-order valence-electron chi connectivity index (χ4n) is 7.95. The van der Waals surface area contributed by atoms with Gasteiger partial charge in [-0.25, -0.2) is 13.2 Å². The van der Waals surface area contributed by atoms with Crippen molar-refractivity contribution in [2.75, 3.05) is 43.9 Å².